The van der Waals surface area contributed by atoms with Crippen LogP contribution in [-0.2, 0) is 0 Å². The molecule has 3 aromatic rings. The third kappa shape index (κ3) is 0.267. The van der Waals surface area contributed by atoms with Crippen LogP contribution in [0, 0.1) is 0 Å². The number of aromatic amines is 1. The Bertz CT molecular complexity index is 484. The van der Waals surface area contributed by atoms with Crippen LogP contribution in [0.3, 0.4) is 0 Å². The highest BCUT2D eigenvalue weighted by Gasteiger charge is 2.24. The fourth-order valence-corrected chi connectivity index (χ4v) is 0.844. The lowest BCUT2D eigenvalue weighted by Gasteiger charge is -1.59. The topological polar surface area (TPSA) is 59.1 Å². The SMILES string of the molecule is O=c1[nH]c2oc2c2oc12. The zero-order chi connectivity index (χ0) is 6.01. The molecule has 0 saturated carbocycles. The predicted molar refractivity (Wildman–Crippen MR) is 29.0 cm³/mol. The Labute approximate surface area is 47.7 Å². The molecule has 0 aliphatic heterocycles. The molecule has 0 radical (unpaired) electrons. The maximum Gasteiger partial charge on any atom is 0.297 e. The highest BCUT2D eigenvalue weighted by Crippen LogP contribution is 2.33. The van der Waals surface area contributed by atoms with Gasteiger partial charge in [0, 0.05) is 0 Å². The first-order valence-electron chi connectivity index (χ1n) is 2.52. The molecule has 44 valence electrons. The normalized spacial score (nSPS) is 12.9. The molecule has 0 atom stereocenters. The van der Waals surface area contributed by atoms with Crippen molar-refractivity contribution in [3.8, 4) is 0 Å². The van der Waals surface area contributed by atoms with E-state index >= 15 is 0 Å². The number of fused-ring (bicyclic) bond motifs is 3. The van der Waals surface area contributed by atoms with Crippen molar-refractivity contribution < 1.29 is 8.83 Å². The molecule has 9 heavy (non-hydrogen) atoms. The van der Waals surface area contributed by atoms with Crippen LogP contribution in [-0.4, -0.2) is 4.98 Å². The van der Waals surface area contributed by atoms with E-state index < -0.39 is 0 Å². The van der Waals surface area contributed by atoms with Gasteiger partial charge in [-0.05, 0) is 0 Å². The molecule has 0 aliphatic rings. The summed E-state index contributed by atoms with van der Waals surface area (Å²) < 4.78 is 9.60. The summed E-state index contributed by atoms with van der Waals surface area (Å²) in [5, 5.41) is 0. The Kier molecular flexibility index (Phi) is 0.291. The number of nitrogens with one attached hydrogen (secondary N) is 1. The number of hydrogen-bond donors (Lipinski definition) is 1. The van der Waals surface area contributed by atoms with Crippen LogP contribution >= 0.6 is 0 Å². The zero-order valence-corrected chi connectivity index (χ0v) is 4.22. The van der Waals surface area contributed by atoms with Gasteiger partial charge in [-0.1, -0.05) is 0 Å². The highest BCUT2D eigenvalue weighted by atomic mass is 16.4. The van der Waals surface area contributed by atoms with Crippen LogP contribution in [0.1, 0.15) is 0 Å². The number of H-pyrrole nitrogens is 1. The van der Waals surface area contributed by atoms with Crippen LogP contribution in [0.15, 0.2) is 13.6 Å². The van der Waals surface area contributed by atoms with Crippen LogP contribution in [0.25, 0.3) is 22.5 Å². The van der Waals surface area contributed by atoms with Crippen molar-refractivity contribution >= 4 is 22.5 Å². The standard InChI is InChI=1S/C5HNO3/c7-4-2-1(8-2)3-5(6-4)9-3/h(H,6,7). The lowest BCUT2D eigenvalue weighted by Crippen LogP contribution is -1.97. The lowest BCUT2D eigenvalue weighted by molar-refractivity contribution is 0.718. The molecule has 0 aliphatic carbocycles. The predicted octanol–water partition coefficient (Wildman–Crippen LogP) is 0.743. The van der Waals surface area contributed by atoms with Gasteiger partial charge in [0.25, 0.3) is 5.56 Å². The summed E-state index contributed by atoms with van der Waals surface area (Å²) in [6.07, 6.45) is 0. The van der Waals surface area contributed by atoms with Gasteiger partial charge in [0.05, 0.1) is 0 Å². The number of rotatable bonds is 0. The average molecular weight is 123 g/mol. The van der Waals surface area contributed by atoms with Gasteiger partial charge in [-0.15, -0.1) is 0 Å². The largest absolute Gasteiger partial charge is 0.439 e. The minimum absolute atomic E-state index is 0.193. The molecule has 0 fully saturated rings. The molecule has 0 spiro atoms. The quantitative estimate of drug-likeness (QED) is 0.479. The van der Waals surface area contributed by atoms with Gasteiger partial charge >= 0.3 is 0 Å². The molecule has 0 aromatic carbocycles. The van der Waals surface area contributed by atoms with Gasteiger partial charge in [-0.2, -0.15) is 0 Å². The third-order valence-electron chi connectivity index (χ3n) is 1.38. The minimum Gasteiger partial charge on any atom is -0.439 e. The van der Waals surface area contributed by atoms with Gasteiger partial charge in [-0.25, -0.2) is 0 Å². The van der Waals surface area contributed by atoms with Gasteiger partial charge in [0.15, 0.2) is 0 Å². The molecule has 0 saturated heterocycles. The molecule has 4 heteroatoms. The first kappa shape index (κ1) is 3.55. The smallest absolute Gasteiger partial charge is 0.297 e. The molecule has 3 heterocycles. The van der Waals surface area contributed by atoms with Crippen LogP contribution in [0.2, 0.25) is 0 Å². The van der Waals surface area contributed by atoms with Gasteiger partial charge < -0.3 is 8.83 Å². The number of aromatic nitrogens is 1. The van der Waals surface area contributed by atoms with Gasteiger partial charge in [0.1, 0.15) is 0 Å². The zero-order valence-electron chi connectivity index (χ0n) is 4.22. The van der Waals surface area contributed by atoms with Crippen LogP contribution < -0.4 is 5.56 Å². The monoisotopic (exact) mass is 123 g/mol. The summed E-state index contributed by atoms with van der Waals surface area (Å²) >= 11 is 0. The van der Waals surface area contributed by atoms with E-state index in [4.69, 9.17) is 8.83 Å². The molecular weight excluding hydrogens is 122 g/mol. The Morgan fingerprint density at radius 3 is 2.89 bits per heavy atom. The van der Waals surface area contributed by atoms with Crippen LogP contribution in [0.5, 0.6) is 0 Å². The molecule has 3 aromatic heterocycles. The van der Waals surface area contributed by atoms with E-state index in [1.54, 1.807) is 0 Å². The van der Waals surface area contributed by atoms with Crippen LogP contribution in [0.4, 0.5) is 0 Å². The molecule has 0 bridgehead atoms. The summed E-state index contributed by atoms with van der Waals surface area (Å²) in [5.41, 5.74) is 2.09. The van der Waals surface area contributed by atoms with Crippen molar-refractivity contribution in [1.29, 1.82) is 0 Å². The molecule has 1 N–H and O–H groups in total. The molecule has 0 amide bonds. The summed E-state index contributed by atoms with van der Waals surface area (Å²) in [6.45, 7) is 0. The van der Waals surface area contributed by atoms with E-state index in [2.05, 4.69) is 4.98 Å². The second-order valence-corrected chi connectivity index (χ2v) is 1.97. The molecule has 4 nitrogen and oxygen atoms in total. The Morgan fingerprint density at radius 1 is 1.11 bits per heavy atom. The van der Waals surface area contributed by atoms with Crippen molar-refractivity contribution in [1.82, 2.24) is 4.98 Å². The van der Waals surface area contributed by atoms with E-state index in [1.165, 1.54) is 0 Å². The second kappa shape index (κ2) is 0.737. The summed E-state index contributed by atoms with van der Waals surface area (Å²) in [4.78, 5) is 13.1. The Morgan fingerprint density at radius 2 is 2.00 bits per heavy atom. The van der Waals surface area contributed by atoms with Crippen molar-refractivity contribution in [2.24, 2.45) is 0 Å². The van der Waals surface area contributed by atoms with Crippen molar-refractivity contribution in [3.05, 3.63) is 10.4 Å². The Hall–Kier alpha value is -1.45. The van der Waals surface area contributed by atoms with E-state index in [1.807, 2.05) is 0 Å². The third-order valence-corrected chi connectivity index (χ3v) is 1.38. The molecular formula is C5HNO3. The average Bonchev–Trinajstić information content (AvgIpc) is 2.54. The fraction of sp³-hybridized carbons (Fsp3) is 0. The summed E-state index contributed by atoms with van der Waals surface area (Å²) in [7, 11) is 0. The van der Waals surface area contributed by atoms with E-state index in [-0.39, 0.29) is 5.56 Å². The number of pyridine rings is 1. The van der Waals surface area contributed by atoms with Crippen molar-refractivity contribution in [2.45, 2.75) is 0 Å². The van der Waals surface area contributed by atoms with Gasteiger partial charge in [-0.3, -0.25) is 9.78 Å². The van der Waals surface area contributed by atoms with Gasteiger partial charge in [0.2, 0.25) is 22.5 Å². The fourth-order valence-electron chi connectivity index (χ4n) is 0.844. The maximum absolute atomic E-state index is 10.7. The van der Waals surface area contributed by atoms with E-state index in [0.717, 1.165) is 0 Å². The molecule has 0 unspecified atom stereocenters. The lowest BCUT2D eigenvalue weighted by atomic mass is 10.5. The second-order valence-electron chi connectivity index (χ2n) is 1.97. The Balaban J connectivity index is 2.85. The maximum atomic E-state index is 10.7. The number of hydrogen-bond acceptors (Lipinski definition) is 3. The first-order chi connectivity index (χ1) is 4.36. The van der Waals surface area contributed by atoms with Crippen molar-refractivity contribution in [3.63, 3.8) is 0 Å². The first-order valence-corrected chi connectivity index (χ1v) is 2.52. The highest BCUT2D eigenvalue weighted by molar-refractivity contribution is 6.02. The molecule has 3 rings (SSSR count). The minimum atomic E-state index is -0.193. The summed E-state index contributed by atoms with van der Waals surface area (Å²) in [6, 6.07) is 0. The van der Waals surface area contributed by atoms with E-state index in [0.29, 0.717) is 22.5 Å². The van der Waals surface area contributed by atoms with E-state index in [9.17, 15) is 4.79 Å². The summed E-state index contributed by atoms with van der Waals surface area (Å²) in [5.74, 6) is 0. The van der Waals surface area contributed by atoms with Crippen molar-refractivity contribution in [2.75, 3.05) is 0 Å².